The van der Waals surface area contributed by atoms with Crippen molar-refractivity contribution in [3.8, 4) is 0 Å². The number of Topliss-reactive ketones (excluding diaryl/α,β-unsaturated/α-hetero) is 1. The molecule has 1 aliphatic rings. The van der Waals surface area contributed by atoms with E-state index < -0.39 is 23.6 Å². The van der Waals surface area contributed by atoms with Gasteiger partial charge in [0.15, 0.2) is 12.4 Å². The number of ketones is 1. The largest absolute Gasteiger partial charge is 0.457 e. The molecule has 1 heterocycles. The van der Waals surface area contributed by atoms with Crippen LogP contribution in [-0.4, -0.2) is 42.3 Å². The molecule has 3 rings (SSSR count). The summed E-state index contributed by atoms with van der Waals surface area (Å²) >= 11 is 0. The smallest absolute Gasteiger partial charge is 0.416 e. The fraction of sp³-hybridized carbons (Fsp3) is 0.423. The van der Waals surface area contributed by atoms with Crippen LogP contribution in [0.15, 0.2) is 48.5 Å². The van der Waals surface area contributed by atoms with E-state index in [1.807, 2.05) is 12.1 Å². The molecular formula is C26H28F3NO4. The Kier molecular flexibility index (Phi) is 8.47. The van der Waals surface area contributed by atoms with Crippen LogP contribution >= 0.6 is 0 Å². The average molecular weight is 476 g/mol. The van der Waals surface area contributed by atoms with Gasteiger partial charge in [-0.2, -0.15) is 13.2 Å². The first-order chi connectivity index (χ1) is 16.2. The van der Waals surface area contributed by atoms with Crippen molar-refractivity contribution in [3.63, 3.8) is 0 Å². The molecule has 1 fully saturated rings. The third-order valence-corrected chi connectivity index (χ3v) is 6.02. The number of hydrogen-bond donors (Lipinski definition) is 0. The quantitative estimate of drug-likeness (QED) is 0.383. The Bertz CT molecular complexity index is 992. The number of likely N-dealkylation sites (tertiary alicyclic amines) is 1. The van der Waals surface area contributed by atoms with E-state index in [0.717, 1.165) is 49.1 Å². The molecule has 1 amide bonds. The summed E-state index contributed by atoms with van der Waals surface area (Å²) < 4.78 is 43.3. The minimum atomic E-state index is -4.46. The number of carbonyl (C=O) groups excluding carboxylic acids is 3. The summed E-state index contributed by atoms with van der Waals surface area (Å²) in [6, 6.07) is 11.4. The molecule has 34 heavy (non-hydrogen) atoms. The van der Waals surface area contributed by atoms with Crippen LogP contribution < -0.4 is 0 Å². The van der Waals surface area contributed by atoms with Crippen molar-refractivity contribution >= 4 is 17.7 Å². The number of rotatable bonds is 8. The van der Waals surface area contributed by atoms with E-state index in [1.165, 1.54) is 4.90 Å². The van der Waals surface area contributed by atoms with Crippen molar-refractivity contribution in [3.05, 3.63) is 70.8 Å². The van der Waals surface area contributed by atoms with Crippen molar-refractivity contribution in [2.75, 3.05) is 19.7 Å². The molecule has 0 radical (unpaired) electrons. The van der Waals surface area contributed by atoms with Crippen LogP contribution in [-0.2, 0) is 22.1 Å². The van der Waals surface area contributed by atoms with Gasteiger partial charge in [0.1, 0.15) is 0 Å². The summed E-state index contributed by atoms with van der Waals surface area (Å²) in [5.41, 5.74) is 1.01. The van der Waals surface area contributed by atoms with E-state index >= 15 is 0 Å². The maximum atomic E-state index is 12.7. The van der Waals surface area contributed by atoms with Crippen LogP contribution in [0.25, 0.3) is 0 Å². The van der Waals surface area contributed by atoms with Crippen LogP contribution in [0.3, 0.4) is 0 Å². The topological polar surface area (TPSA) is 63.7 Å². The number of nitrogens with zero attached hydrogens (tertiary/aromatic N) is 1. The summed E-state index contributed by atoms with van der Waals surface area (Å²) in [6.45, 7) is 2.35. The highest BCUT2D eigenvalue weighted by atomic mass is 19.4. The van der Waals surface area contributed by atoms with Gasteiger partial charge in [-0.15, -0.1) is 0 Å². The first-order valence-electron chi connectivity index (χ1n) is 11.4. The number of benzene rings is 2. The van der Waals surface area contributed by atoms with Crippen molar-refractivity contribution < 1.29 is 32.3 Å². The minimum absolute atomic E-state index is 0.167. The van der Waals surface area contributed by atoms with Gasteiger partial charge in [0.25, 0.3) is 5.91 Å². The van der Waals surface area contributed by atoms with Gasteiger partial charge in [0, 0.05) is 24.2 Å². The monoisotopic (exact) mass is 475 g/mol. The van der Waals surface area contributed by atoms with Crippen molar-refractivity contribution in [2.45, 2.75) is 45.2 Å². The molecule has 8 heteroatoms. The van der Waals surface area contributed by atoms with E-state index in [2.05, 4.69) is 6.92 Å². The lowest BCUT2D eigenvalue weighted by atomic mass is 9.96. The molecular weight excluding hydrogens is 447 g/mol. The highest BCUT2D eigenvalue weighted by Crippen LogP contribution is 2.29. The number of esters is 1. The Balaban J connectivity index is 1.45. The molecule has 2 aromatic rings. The Hall–Kier alpha value is -3.16. The number of unbranched alkanes of at least 4 members (excludes halogenated alkanes) is 1. The highest BCUT2D eigenvalue weighted by Gasteiger charge is 2.32. The maximum absolute atomic E-state index is 12.7. The second kappa shape index (κ2) is 11.3. The standard InChI is InChI=1S/C26H28F3NO4/c1-2-3-4-18-5-7-19(8-6-18)23(31)17-34-25(33)21-13-15-30(16-14-21)24(32)20-9-11-22(12-10-20)26(27,28)29/h5-12,21H,2-4,13-17H2,1H3. The molecule has 0 unspecified atom stereocenters. The maximum Gasteiger partial charge on any atom is 0.416 e. The zero-order valence-electron chi connectivity index (χ0n) is 19.1. The first kappa shape index (κ1) is 25.5. The molecule has 0 aromatic heterocycles. The van der Waals surface area contributed by atoms with E-state index in [4.69, 9.17) is 4.74 Å². The summed E-state index contributed by atoms with van der Waals surface area (Å²) in [6.07, 6.45) is -0.588. The zero-order chi connectivity index (χ0) is 24.7. The number of ether oxygens (including phenoxy) is 1. The van der Waals surface area contributed by atoms with Crippen molar-refractivity contribution in [1.82, 2.24) is 4.90 Å². The lowest BCUT2D eigenvalue weighted by Crippen LogP contribution is -2.40. The third kappa shape index (κ3) is 6.68. The van der Waals surface area contributed by atoms with E-state index in [-0.39, 0.29) is 37.0 Å². The third-order valence-electron chi connectivity index (χ3n) is 6.02. The molecule has 0 N–H and O–H groups in total. The molecule has 0 saturated carbocycles. The highest BCUT2D eigenvalue weighted by molar-refractivity contribution is 5.98. The summed E-state index contributed by atoms with van der Waals surface area (Å²) in [4.78, 5) is 38.8. The Morgan fingerprint density at radius 2 is 1.53 bits per heavy atom. The first-order valence-corrected chi connectivity index (χ1v) is 11.4. The Labute approximate surface area is 196 Å². The van der Waals surface area contributed by atoms with Crippen LogP contribution in [0, 0.1) is 5.92 Å². The number of halogens is 3. The Morgan fingerprint density at radius 3 is 2.09 bits per heavy atom. The lowest BCUT2D eigenvalue weighted by molar-refractivity contribution is -0.148. The molecule has 1 saturated heterocycles. The van der Waals surface area contributed by atoms with Crippen molar-refractivity contribution in [2.24, 2.45) is 5.92 Å². The molecule has 0 spiro atoms. The zero-order valence-corrected chi connectivity index (χ0v) is 19.1. The number of carbonyl (C=O) groups is 3. The van der Waals surface area contributed by atoms with E-state index in [0.29, 0.717) is 18.4 Å². The van der Waals surface area contributed by atoms with Crippen molar-refractivity contribution in [1.29, 1.82) is 0 Å². The van der Waals surface area contributed by atoms with Gasteiger partial charge in [-0.05, 0) is 55.5 Å². The predicted molar refractivity (Wildman–Crippen MR) is 120 cm³/mol. The van der Waals surface area contributed by atoms with E-state index in [1.54, 1.807) is 12.1 Å². The molecule has 0 bridgehead atoms. The van der Waals surface area contributed by atoms with Gasteiger partial charge >= 0.3 is 12.1 Å². The Morgan fingerprint density at radius 1 is 0.941 bits per heavy atom. The number of aryl methyl sites for hydroxylation is 1. The molecule has 2 aromatic carbocycles. The van der Waals surface area contributed by atoms with Gasteiger partial charge in [0.05, 0.1) is 11.5 Å². The molecule has 1 aliphatic heterocycles. The molecule has 0 aliphatic carbocycles. The van der Waals surface area contributed by atoms with Gasteiger partial charge in [0.2, 0.25) is 0 Å². The van der Waals surface area contributed by atoms with Crippen LogP contribution in [0.1, 0.15) is 64.4 Å². The normalized spacial score (nSPS) is 14.6. The van der Waals surface area contributed by atoms with Gasteiger partial charge in [-0.1, -0.05) is 37.6 Å². The number of amides is 1. The summed E-state index contributed by atoms with van der Waals surface area (Å²) in [5.74, 6) is -1.56. The minimum Gasteiger partial charge on any atom is -0.457 e. The van der Waals surface area contributed by atoms with Gasteiger partial charge < -0.3 is 9.64 Å². The molecule has 182 valence electrons. The second-order valence-corrected chi connectivity index (χ2v) is 8.47. The van der Waals surface area contributed by atoms with E-state index in [9.17, 15) is 27.6 Å². The summed E-state index contributed by atoms with van der Waals surface area (Å²) in [5, 5.41) is 0. The summed E-state index contributed by atoms with van der Waals surface area (Å²) in [7, 11) is 0. The number of piperidine rings is 1. The predicted octanol–water partition coefficient (Wildman–Crippen LogP) is 5.33. The van der Waals surface area contributed by atoms with Crippen LogP contribution in [0.4, 0.5) is 13.2 Å². The van der Waals surface area contributed by atoms with Crippen LogP contribution in [0.5, 0.6) is 0 Å². The van der Waals surface area contributed by atoms with Crippen LogP contribution in [0.2, 0.25) is 0 Å². The van der Waals surface area contributed by atoms with Gasteiger partial charge in [-0.3, -0.25) is 14.4 Å². The number of hydrogen-bond acceptors (Lipinski definition) is 4. The molecule has 0 atom stereocenters. The fourth-order valence-corrected chi connectivity index (χ4v) is 3.88. The average Bonchev–Trinajstić information content (AvgIpc) is 2.85. The second-order valence-electron chi connectivity index (χ2n) is 8.47. The molecule has 5 nitrogen and oxygen atoms in total. The lowest BCUT2D eigenvalue weighted by Gasteiger charge is -2.31. The van der Waals surface area contributed by atoms with Gasteiger partial charge in [-0.25, -0.2) is 0 Å². The fourth-order valence-electron chi connectivity index (χ4n) is 3.88. The SMILES string of the molecule is CCCCc1ccc(C(=O)COC(=O)C2CCN(C(=O)c3ccc(C(F)(F)F)cc3)CC2)cc1. The number of alkyl halides is 3.